The maximum atomic E-state index is 12.2. The normalized spacial score (nSPS) is 12.9. The Labute approximate surface area is 116 Å². The highest BCUT2D eigenvalue weighted by Gasteiger charge is 2.23. The van der Waals surface area contributed by atoms with Crippen molar-refractivity contribution in [3.8, 4) is 5.75 Å². The molecular weight excluding hydrogens is 238 g/mol. The molecule has 0 unspecified atom stereocenters. The molecule has 1 atom stereocenters. The molecule has 0 bridgehead atoms. The molecule has 3 heteroatoms. The molecule has 0 aliphatic carbocycles. The fourth-order valence-electron chi connectivity index (χ4n) is 1.76. The van der Waals surface area contributed by atoms with Crippen LogP contribution in [0.1, 0.15) is 45.2 Å². The minimum absolute atomic E-state index is 0.0593. The summed E-state index contributed by atoms with van der Waals surface area (Å²) in [6.45, 7) is 11.9. The van der Waals surface area contributed by atoms with Gasteiger partial charge in [0.15, 0.2) is 6.10 Å². The Hall–Kier alpha value is -1.51. The van der Waals surface area contributed by atoms with Crippen LogP contribution in [0.4, 0.5) is 0 Å². The predicted octanol–water partition coefficient (Wildman–Crippen LogP) is 3.38. The van der Waals surface area contributed by atoms with Gasteiger partial charge in [-0.25, -0.2) is 0 Å². The Morgan fingerprint density at radius 2 is 1.95 bits per heavy atom. The highest BCUT2D eigenvalue weighted by atomic mass is 16.5. The molecule has 106 valence electrons. The Bertz CT molecular complexity index is 447. The van der Waals surface area contributed by atoms with Crippen LogP contribution in [0.15, 0.2) is 18.2 Å². The molecule has 1 amide bonds. The van der Waals surface area contributed by atoms with Crippen LogP contribution in [0, 0.1) is 13.8 Å². The van der Waals surface area contributed by atoms with Crippen molar-refractivity contribution in [3.05, 3.63) is 29.3 Å². The summed E-state index contributed by atoms with van der Waals surface area (Å²) in [5.74, 6) is 0.729. The van der Waals surface area contributed by atoms with Gasteiger partial charge in [-0.3, -0.25) is 4.79 Å². The van der Waals surface area contributed by atoms with Crippen molar-refractivity contribution < 1.29 is 9.53 Å². The van der Waals surface area contributed by atoms with Gasteiger partial charge in [-0.15, -0.1) is 0 Å². The summed E-state index contributed by atoms with van der Waals surface area (Å²) in [5, 5.41) is 2.96. The summed E-state index contributed by atoms with van der Waals surface area (Å²) in [4.78, 5) is 12.2. The summed E-state index contributed by atoms with van der Waals surface area (Å²) in [6, 6.07) is 6.03. The largest absolute Gasteiger partial charge is 0.480 e. The Morgan fingerprint density at radius 3 is 2.47 bits per heavy atom. The van der Waals surface area contributed by atoms with Crippen LogP contribution in [-0.4, -0.2) is 17.6 Å². The molecule has 0 heterocycles. The third kappa shape index (κ3) is 4.93. The number of carbonyl (C=O) groups is 1. The fourth-order valence-corrected chi connectivity index (χ4v) is 1.76. The molecule has 0 saturated carbocycles. The molecule has 1 N–H and O–H groups in total. The van der Waals surface area contributed by atoms with E-state index in [1.807, 2.05) is 59.7 Å². The standard InChI is InChI=1S/C16H25NO2/c1-7-13(15(18)17-16(4,5)6)19-14-10-11(2)8-9-12(14)3/h8-10,13H,7H2,1-6H3,(H,17,18)/t13-/m0/s1. The van der Waals surface area contributed by atoms with Crippen LogP contribution in [0.25, 0.3) is 0 Å². The summed E-state index contributed by atoms with van der Waals surface area (Å²) in [7, 11) is 0. The van der Waals surface area contributed by atoms with Crippen molar-refractivity contribution in [2.75, 3.05) is 0 Å². The topological polar surface area (TPSA) is 38.3 Å². The first-order valence-electron chi connectivity index (χ1n) is 6.79. The van der Waals surface area contributed by atoms with E-state index >= 15 is 0 Å². The molecule has 1 aromatic carbocycles. The van der Waals surface area contributed by atoms with Crippen molar-refractivity contribution in [2.45, 2.75) is 59.6 Å². The van der Waals surface area contributed by atoms with Gasteiger partial charge in [0.2, 0.25) is 0 Å². The number of benzene rings is 1. The van der Waals surface area contributed by atoms with E-state index in [1.54, 1.807) is 0 Å². The lowest BCUT2D eigenvalue weighted by Gasteiger charge is -2.25. The third-order valence-corrected chi connectivity index (χ3v) is 2.77. The second-order valence-corrected chi connectivity index (χ2v) is 6.02. The molecule has 0 spiro atoms. The third-order valence-electron chi connectivity index (χ3n) is 2.77. The van der Waals surface area contributed by atoms with Crippen molar-refractivity contribution in [1.29, 1.82) is 0 Å². The molecule has 0 fully saturated rings. The van der Waals surface area contributed by atoms with E-state index in [0.29, 0.717) is 6.42 Å². The number of rotatable bonds is 4. The number of aryl methyl sites for hydroxylation is 2. The van der Waals surface area contributed by atoms with E-state index in [0.717, 1.165) is 16.9 Å². The van der Waals surface area contributed by atoms with Crippen LogP contribution >= 0.6 is 0 Å². The van der Waals surface area contributed by atoms with Gasteiger partial charge in [-0.05, 0) is 58.2 Å². The molecule has 0 saturated heterocycles. The van der Waals surface area contributed by atoms with Gasteiger partial charge < -0.3 is 10.1 Å². The SMILES string of the molecule is CC[C@H](Oc1cc(C)ccc1C)C(=O)NC(C)(C)C. The fraction of sp³-hybridized carbons (Fsp3) is 0.562. The predicted molar refractivity (Wildman–Crippen MR) is 78.5 cm³/mol. The van der Waals surface area contributed by atoms with Gasteiger partial charge in [-0.1, -0.05) is 19.1 Å². The van der Waals surface area contributed by atoms with Crippen molar-refractivity contribution in [1.82, 2.24) is 5.32 Å². The van der Waals surface area contributed by atoms with Crippen LogP contribution in [0.2, 0.25) is 0 Å². The number of hydrogen-bond donors (Lipinski definition) is 1. The van der Waals surface area contributed by atoms with Gasteiger partial charge in [-0.2, -0.15) is 0 Å². The lowest BCUT2D eigenvalue weighted by atomic mass is 10.1. The van der Waals surface area contributed by atoms with Gasteiger partial charge >= 0.3 is 0 Å². The number of carbonyl (C=O) groups excluding carboxylic acids is 1. The molecule has 0 aromatic heterocycles. The summed E-state index contributed by atoms with van der Waals surface area (Å²) >= 11 is 0. The Morgan fingerprint density at radius 1 is 1.32 bits per heavy atom. The molecule has 19 heavy (non-hydrogen) atoms. The minimum Gasteiger partial charge on any atom is -0.480 e. The van der Waals surface area contributed by atoms with E-state index in [2.05, 4.69) is 5.32 Å². The van der Waals surface area contributed by atoms with E-state index in [-0.39, 0.29) is 11.4 Å². The van der Waals surface area contributed by atoms with Gasteiger partial charge in [0, 0.05) is 5.54 Å². The van der Waals surface area contributed by atoms with Crippen LogP contribution in [0.3, 0.4) is 0 Å². The zero-order valence-electron chi connectivity index (χ0n) is 12.8. The first-order chi connectivity index (χ1) is 8.73. The van der Waals surface area contributed by atoms with Crippen LogP contribution < -0.4 is 10.1 Å². The molecule has 0 aliphatic heterocycles. The van der Waals surface area contributed by atoms with E-state index in [9.17, 15) is 4.79 Å². The quantitative estimate of drug-likeness (QED) is 0.904. The summed E-state index contributed by atoms with van der Waals surface area (Å²) < 4.78 is 5.87. The van der Waals surface area contributed by atoms with Crippen LogP contribution in [-0.2, 0) is 4.79 Å². The first-order valence-corrected chi connectivity index (χ1v) is 6.79. The molecule has 1 rings (SSSR count). The van der Waals surface area contributed by atoms with E-state index in [4.69, 9.17) is 4.74 Å². The van der Waals surface area contributed by atoms with E-state index in [1.165, 1.54) is 0 Å². The van der Waals surface area contributed by atoms with Gasteiger partial charge in [0.05, 0.1) is 0 Å². The Balaban J connectivity index is 2.82. The average Bonchev–Trinajstić information content (AvgIpc) is 2.27. The van der Waals surface area contributed by atoms with Gasteiger partial charge in [0.1, 0.15) is 5.75 Å². The number of nitrogens with one attached hydrogen (secondary N) is 1. The molecule has 0 aliphatic rings. The van der Waals surface area contributed by atoms with E-state index < -0.39 is 6.10 Å². The second kappa shape index (κ2) is 6.09. The number of hydrogen-bond acceptors (Lipinski definition) is 2. The lowest BCUT2D eigenvalue weighted by Crippen LogP contribution is -2.47. The molecule has 0 radical (unpaired) electrons. The lowest BCUT2D eigenvalue weighted by molar-refractivity contribution is -0.129. The highest BCUT2D eigenvalue weighted by Crippen LogP contribution is 2.21. The first kappa shape index (κ1) is 15.5. The Kier molecular flexibility index (Phi) is 4.98. The summed E-state index contributed by atoms with van der Waals surface area (Å²) in [5.41, 5.74) is 1.94. The maximum absolute atomic E-state index is 12.2. The van der Waals surface area contributed by atoms with Crippen molar-refractivity contribution in [3.63, 3.8) is 0 Å². The zero-order valence-corrected chi connectivity index (χ0v) is 12.8. The van der Waals surface area contributed by atoms with Crippen molar-refractivity contribution in [2.24, 2.45) is 0 Å². The average molecular weight is 263 g/mol. The van der Waals surface area contributed by atoms with Crippen molar-refractivity contribution >= 4 is 5.91 Å². The van der Waals surface area contributed by atoms with Gasteiger partial charge in [0.25, 0.3) is 5.91 Å². The molecule has 1 aromatic rings. The molecule has 3 nitrogen and oxygen atoms in total. The summed E-state index contributed by atoms with van der Waals surface area (Å²) in [6.07, 6.45) is 0.203. The number of amides is 1. The smallest absolute Gasteiger partial charge is 0.261 e. The molecular formula is C16H25NO2. The van der Waals surface area contributed by atoms with Crippen LogP contribution in [0.5, 0.6) is 5.75 Å². The monoisotopic (exact) mass is 263 g/mol. The zero-order chi connectivity index (χ0) is 14.6. The maximum Gasteiger partial charge on any atom is 0.261 e. The second-order valence-electron chi connectivity index (χ2n) is 6.02. The highest BCUT2D eigenvalue weighted by molar-refractivity contribution is 5.81. The minimum atomic E-state index is -0.445. The number of ether oxygens (including phenoxy) is 1.